The normalized spacial score (nSPS) is 18.9. The summed E-state index contributed by atoms with van der Waals surface area (Å²) in [5, 5.41) is 22.2. The number of hydrogen-bond donors (Lipinski definition) is 3. The highest BCUT2D eigenvalue weighted by molar-refractivity contribution is 5.68. The van der Waals surface area contributed by atoms with Crippen molar-refractivity contribution in [1.29, 1.82) is 0 Å². The highest BCUT2D eigenvalue weighted by Gasteiger charge is 2.34. The summed E-state index contributed by atoms with van der Waals surface area (Å²) in [6.07, 6.45) is 1.45. The third kappa shape index (κ3) is 6.07. The maximum atomic E-state index is 11.9. The molecular formula is C14H28N2O4. The number of ether oxygens (including phenoxy) is 1. The summed E-state index contributed by atoms with van der Waals surface area (Å²) in [6, 6.07) is 0. The predicted octanol–water partition coefficient (Wildman–Crippen LogP) is 0.720. The molecular weight excluding hydrogens is 260 g/mol. The van der Waals surface area contributed by atoms with Crippen LogP contribution in [-0.2, 0) is 4.74 Å². The lowest BCUT2D eigenvalue weighted by Crippen LogP contribution is -2.52. The number of aliphatic hydroxyl groups is 2. The molecule has 0 aromatic rings. The van der Waals surface area contributed by atoms with Gasteiger partial charge in [-0.05, 0) is 46.6 Å². The molecule has 0 radical (unpaired) electrons. The van der Waals surface area contributed by atoms with E-state index in [1.807, 2.05) is 20.8 Å². The number of hydrogen-bond acceptors (Lipinski definition) is 5. The smallest absolute Gasteiger partial charge is 0.410 e. The molecule has 0 spiro atoms. The molecule has 0 unspecified atom stereocenters. The number of carbonyl (C=O) groups is 1. The molecule has 6 nitrogen and oxygen atoms in total. The fourth-order valence-electron chi connectivity index (χ4n) is 2.13. The van der Waals surface area contributed by atoms with Gasteiger partial charge in [0, 0.05) is 26.2 Å². The number of amides is 1. The summed E-state index contributed by atoms with van der Waals surface area (Å²) < 4.78 is 5.32. The Morgan fingerprint density at radius 3 is 2.45 bits per heavy atom. The molecule has 0 bridgehead atoms. The maximum absolute atomic E-state index is 11.9. The number of carbonyl (C=O) groups excluding carboxylic acids is 1. The molecule has 1 fully saturated rings. The van der Waals surface area contributed by atoms with Gasteiger partial charge in [0.25, 0.3) is 0 Å². The first-order chi connectivity index (χ1) is 9.26. The van der Waals surface area contributed by atoms with E-state index in [9.17, 15) is 9.90 Å². The molecule has 0 aromatic carbocycles. The number of aliphatic hydroxyl groups excluding tert-OH is 1. The van der Waals surface area contributed by atoms with Crippen molar-refractivity contribution in [2.45, 2.75) is 51.2 Å². The van der Waals surface area contributed by atoms with Gasteiger partial charge in [-0.15, -0.1) is 0 Å². The Kier molecular flexibility index (Phi) is 6.23. The van der Waals surface area contributed by atoms with Crippen molar-refractivity contribution < 1.29 is 19.7 Å². The summed E-state index contributed by atoms with van der Waals surface area (Å²) in [4.78, 5) is 13.5. The first-order valence-corrected chi connectivity index (χ1v) is 7.28. The molecule has 6 heteroatoms. The number of nitrogens with one attached hydrogen (secondary N) is 1. The molecule has 0 aliphatic carbocycles. The van der Waals surface area contributed by atoms with E-state index in [2.05, 4.69) is 5.32 Å². The van der Waals surface area contributed by atoms with E-state index in [0.29, 0.717) is 45.4 Å². The fraction of sp³-hybridized carbons (Fsp3) is 0.929. The van der Waals surface area contributed by atoms with E-state index in [-0.39, 0.29) is 12.7 Å². The summed E-state index contributed by atoms with van der Waals surface area (Å²) in [7, 11) is 0. The Morgan fingerprint density at radius 1 is 1.35 bits per heavy atom. The van der Waals surface area contributed by atoms with Crippen LogP contribution in [-0.4, -0.2) is 65.2 Å². The summed E-state index contributed by atoms with van der Waals surface area (Å²) in [6.45, 7) is 7.88. The van der Waals surface area contributed by atoms with Crippen molar-refractivity contribution in [2.75, 3.05) is 32.8 Å². The number of likely N-dealkylation sites (tertiary alicyclic amines) is 1. The van der Waals surface area contributed by atoms with E-state index in [4.69, 9.17) is 9.84 Å². The van der Waals surface area contributed by atoms with Gasteiger partial charge in [0.15, 0.2) is 0 Å². The van der Waals surface area contributed by atoms with Crippen LogP contribution in [0.4, 0.5) is 4.79 Å². The maximum Gasteiger partial charge on any atom is 0.410 e. The van der Waals surface area contributed by atoms with Gasteiger partial charge in [-0.1, -0.05) is 0 Å². The Balaban J connectivity index is 2.33. The van der Waals surface area contributed by atoms with Crippen LogP contribution in [0.3, 0.4) is 0 Å². The Hall–Kier alpha value is -0.850. The lowest BCUT2D eigenvalue weighted by molar-refractivity contribution is -0.0309. The zero-order chi connectivity index (χ0) is 15.2. The van der Waals surface area contributed by atoms with Gasteiger partial charge in [-0.3, -0.25) is 0 Å². The first-order valence-electron chi connectivity index (χ1n) is 7.28. The van der Waals surface area contributed by atoms with Gasteiger partial charge in [0.05, 0.1) is 5.60 Å². The lowest BCUT2D eigenvalue weighted by Gasteiger charge is -2.38. The van der Waals surface area contributed by atoms with Crippen LogP contribution >= 0.6 is 0 Å². The molecule has 1 saturated heterocycles. The average Bonchev–Trinajstić information content (AvgIpc) is 2.33. The molecule has 3 N–H and O–H groups in total. The average molecular weight is 288 g/mol. The van der Waals surface area contributed by atoms with E-state index in [1.54, 1.807) is 4.90 Å². The number of rotatable bonds is 5. The van der Waals surface area contributed by atoms with Gasteiger partial charge in [-0.25, -0.2) is 4.79 Å². The van der Waals surface area contributed by atoms with Gasteiger partial charge >= 0.3 is 6.09 Å². The summed E-state index contributed by atoms with van der Waals surface area (Å²) in [5.74, 6) is 0. The third-order valence-electron chi connectivity index (χ3n) is 3.31. The second kappa shape index (κ2) is 7.24. The van der Waals surface area contributed by atoms with Gasteiger partial charge in [-0.2, -0.15) is 0 Å². The summed E-state index contributed by atoms with van der Waals surface area (Å²) in [5.41, 5.74) is -1.26. The van der Waals surface area contributed by atoms with E-state index in [1.165, 1.54) is 0 Å². The quantitative estimate of drug-likeness (QED) is 0.649. The zero-order valence-corrected chi connectivity index (χ0v) is 12.8. The standard InChI is InChI=1S/C14H28N2O4/c1-13(2,3)20-12(18)16-8-5-14(19,6-9-16)11-15-7-4-10-17/h15,17,19H,4-11H2,1-3H3. The topological polar surface area (TPSA) is 82.0 Å². The van der Waals surface area contributed by atoms with Gasteiger partial charge < -0.3 is 25.2 Å². The molecule has 1 aliphatic rings. The third-order valence-corrected chi connectivity index (χ3v) is 3.31. The molecule has 118 valence electrons. The monoisotopic (exact) mass is 288 g/mol. The van der Waals surface area contributed by atoms with Gasteiger partial charge in [0.2, 0.25) is 0 Å². The Morgan fingerprint density at radius 2 is 1.95 bits per heavy atom. The minimum absolute atomic E-state index is 0.151. The van der Waals surface area contributed by atoms with Crippen LogP contribution in [0.2, 0.25) is 0 Å². The molecule has 1 amide bonds. The van der Waals surface area contributed by atoms with Gasteiger partial charge in [0.1, 0.15) is 5.60 Å². The number of piperidine rings is 1. The van der Waals surface area contributed by atoms with E-state index in [0.717, 1.165) is 0 Å². The zero-order valence-electron chi connectivity index (χ0n) is 12.8. The highest BCUT2D eigenvalue weighted by Crippen LogP contribution is 2.23. The molecule has 0 saturated carbocycles. The SMILES string of the molecule is CC(C)(C)OC(=O)N1CCC(O)(CNCCCO)CC1. The Bertz CT molecular complexity index is 307. The van der Waals surface area contributed by atoms with Crippen LogP contribution in [0.5, 0.6) is 0 Å². The second-order valence-electron chi connectivity index (χ2n) is 6.45. The van der Waals surface area contributed by atoms with Crippen molar-refractivity contribution in [3.8, 4) is 0 Å². The molecule has 20 heavy (non-hydrogen) atoms. The number of nitrogens with zero attached hydrogens (tertiary/aromatic N) is 1. The molecule has 1 aliphatic heterocycles. The second-order valence-corrected chi connectivity index (χ2v) is 6.45. The molecule has 1 heterocycles. The summed E-state index contributed by atoms with van der Waals surface area (Å²) >= 11 is 0. The van der Waals surface area contributed by atoms with Crippen LogP contribution in [0, 0.1) is 0 Å². The van der Waals surface area contributed by atoms with E-state index >= 15 is 0 Å². The van der Waals surface area contributed by atoms with E-state index < -0.39 is 11.2 Å². The molecule has 0 atom stereocenters. The van der Waals surface area contributed by atoms with Crippen molar-refractivity contribution in [3.63, 3.8) is 0 Å². The minimum atomic E-state index is -0.770. The van der Waals surface area contributed by atoms with Crippen molar-refractivity contribution >= 4 is 6.09 Å². The van der Waals surface area contributed by atoms with Crippen LogP contribution in [0.25, 0.3) is 0 Å². The van der Waals surface area contributed by atoms with Crippen molar-refractivity contribution in [1.82, 2.24) is 10.2 Å². The largest absolute Gasteiger partial charge is 0.444 e. The predicted molar refractivity (Wildman–Crippen MR) is 76.6 cm³/mol. The Labute approximate surface area is 121 Å². The fourth-order valence-corrected chi connectivity index (χ4v) is 2.13. The van der Waals surface area contributed by atoms with Crippen molar-refractivity contribution in [3.05, 3.63) is 0 Å². The first kappa shape index (κ1) is 17.2. The lowest BCUT2D eigenvalue weighted by atomic mass is 9.91. The van der Waals surface area contributed by atoms with Crippen LogP contribution in [0.15, 0.2) is 0 Å². The molecule has 0 aromatic heterocycles. The van der Waals surface area contributed by atoms with Crippen LogP contribution < -0.4 is 5.32 Å². The van der Waals surface area contributed by atoms with Crippen LogP contribution in [0.1, 0.15) is 40.0 Å². The van der Waals surface area contributed by atoms with Crippen molar-refractivity contribution in [2.24, 2.45) is 0 Å². The minimum Gasteiger partial charge on any atom is -0.444 e. The molecule has 1 rings (SSSR count). The highest BCUT2D eigenvalue weighted by atomic mass is 16.6.